The first-order valence-electron chi connectivity index (χ1n) is 5.88. The van der Waals surface area contributed by atoms with Crippen molar-refractivity contribution >= 4 is 11.6 Å². The van der Waals surface area contributed by atoms with E-state index in [2.05, 4.69) is 5.10 Å². The summed E-state index contributed by atoms with van der Waals surface area (Å²) in [6, 6.07) is 1.46. The number of hydrogen-bond donors (Lipinski definition) is 1. The zero-order valence-corrected chi connectivity index (χ0v) is 11.4. The highest BCUT2D eigenvalue weighted by Gasteiger charge is 2.22. The quantitative estimate of drug-likeness (QED) is 0.941. The lowest BCUT2D eigenvalue weighted by molar-refractivity contribution is 0.547. The highest BCUT2D eigenvalue weighted by molar-refractivity contribution is 6.31. The Labute approximate surface area is 115 Å². The van der Waals surface area contributed by atoms with E-state index in [1.165, 1.54) is 12.3 Å². The van der Waals surface area contributed by atoms with Crippen molar-refractivity contribution in [2.45, 2.75) is 26.4 Å². The minimum absolute atomic E-state index is 0.205. The van der Waals surface area contributed by atoms with Crippen LogP contribution in [-0.4, -0.2) is 9.78 Å². The molecule has 0 bridgehead atoms. The monoisotopic (exact) mass is 285 g/mol. The summed E-state index contributed by atoms with van der Waals surface area (Å²) in [5.74, 6) is -1.28. The molecule has 6 heteroatoms. The largest absolute Gasteiger partial charge is 0.319 e. The SMILES string of the molecule is CCn1ncc(Cl)c1C(N)c1cc(C)c(F)cc1F. The van der Waals surface area contributed by atoms with E-state index in [1.54, 1.807) is 11.6 Å². The molecular formula is C13H14ClF2N3. The molecular weight excluding hydrogens is 272 g/mol. The lowest BCUT2D eigenvalue weighted by Crippen LogP contribution is -2.19. The van der Waals surface area contributed by atoms with Crippen LogP contribution in [0.5, 0.6) is 0 Å². The minimum atomic E-state index is -0.783. The molecule has 1 aromatic heterocycles. The van der Waals surface area contributed by atoms with Crippen LogP contribution in [0.25, 0.3) is 0 Å². The zero-order valence-electron chi connectivity index (χ0n) is 10.6. The number of hydrogen-bond acceptors (Lipinski definition) is 2. The zero-order chi connectivity index (χ0) is 14.2. The van der Waals surface area contributed by atoms with Crippen LogP contribution in [0.4, 0.5) is 8.78 Å². The number of aromatic nitrogens is 2. The predicted molar refractivity (Wildman–Crippen MR) is 70.0 cm³/mol. The van der Waals surface area contributed by atoms with Crippen LogP contribution in [0.15, 0.2) is 18.3 Å². The lowest BCUT2D eigenvalue weighted by Gasteiger charge is -2.16. The van der Waals surface area contributed by atoms with Crippen molar-refractivity contribution in [1.29, 1.82) is 0 Å². The molecule has 0 fully saturated rings. The number of aryl methyl sites for hydroxylation is 2. The number of halogens is 3. The summed E-state index contributed by atoms with van der Waals surface area (Å²) < 4.78 is 28.7. The molecule has 1 unspecified atom stereocenters. The van der Waals surface area contributed by atoms with Crippen molar-refractivity contribution < 1.29 is 8.78 Å². The molecule has 0 aliphatic carbocycles. The Morgan fingerprint density at radius 3 is 2.68 bits per heavy atom. The van der Waals surface area contributed by atoms with Crippen LogP contribution in [0.1, 0.15) is 29.8 Å². The third-order valence-corrected chi connectivity index (χ3v) is 3.33. The fourth-order valence-corrected chi connectivity index (χ4v) is 2.26. The molecule has 0 aliphatic rings. The Morgan fingerprint density at radius 1 is 1.37 bits per heavy atom. The van der Waals surface area contributed by atoms with E-state index < -0.39 is 17.7 Å². The summed E-state index contributed by atoms with van der Waals surface area (Å²) in [5, 5.41) is 4.43. The van der Waals surface area contributed by atoms with Crippen molar-refractivity contribution in [2.75, 3.05) is 0 Å². The van der Waals surface area contributed by atoms with Crippen LogP contribution in [-0.2, 0) is 6.54 Å². The van der Waals surface area contributed by atoms with E-state index in [9.17, 15) is 8.78 Å². The molecule has 1 atom stereocenters. The van der Waals surface area contributed by atoms with Crippen LogP contribution in [0.2, 0.25) is 5.02 Å². The van der Waals surface area contributed by atoms with Gasteiger partial charge in [-0.05, 0) is 25.5 Å². The van der Waals surface area contributed by atoms with Gasteiger partial charge in [-0.1, -0.05) is 11.6 Å². The van der Waals surface area contributed by atoms with E-state index in [0.717, 1.165) is 6.07 Å². The first-order chi connectivity index (χ1) is 8.95. The van der Waals surface area contributed by atoms with Crippen LogP contribution in [0, 0.1) is 18.6 Å². The summed E-state index contributed by atoms with van der Waals surface area (Å²) in [6.45, 7) is 4.01. The molecule has 1 heterocycles. The topological polar surface area (TPSA) is 43.8 Å². The van der Waals surface area contributed by atoms with Gasteiger partial charge in [-0.25, -0.2) is 8.78 Å². The minimum Gasteiger partial charge on any atom is -0.319 e. The maximum absolute atomic E-state index is 13.8. The fourth-order valence-electron chi connectivity index (χ4n) is 2.00. The molecule has 0 radical (unpaired) electrons. The third kappa shape index (κ3) is 2.48. The summed E-state index contributed by atoms with van der Waals surface area (Å²) in [5.41, 5.74) is 7.12. The molecule has 2 aromatic rings. The van der Waals surface area contributed by atoms with Crippen molar-refractivity contribution in [3.8, 4) is 0 Å². The van der Waals surface area contributed by atoms with E-state index in [-0.39, 0.29) is 5.56 Å². The van der Waals surface area contributed by atoms with Gasteiger partial charge in [-0.15, -0.1) is 0 Å². The summed E-state index contributed by atoms with van der Waals surface area (Å²) in [7, 11) is 0. The summed E-state index contributed by atoms with van der Waals surface area (Å²) in [6.07, 6.45) is 1.47. The van der Waals surface area contributed by atoms with Gasteiger partial charge in [0.25, 0.3) is 0 Å². The predicted octanol–water partition coefficient (Wildman–Crippen LogP) is 3.19. The molecule has 2 rings (SSSR count). The van der Waals surface area contributed by atoms with Gasteiger partial charge in [0.1, 0.15) is 11.6 Å². The first-order valence-corrected chi connectivity index (χ1v) is 6.25. The van der Waals surface area contributed by atoms with Crippen molar-refractivity contribution in [1.82, 2.24) is 9.78 Å². The van der Waals surface area contributed by atoms with Crippen LogP contribution in [0.3, 0.4) is 0 Å². The second kappa shape index (κ2) is 5.27. The lowest BCUT2D eigenvalue weighted by atomic mass is 10.0. The normalized spacial score (nSPS) is 12.7. The summed E-state index contributed by atoms with van der Waals surface area (Å²) >= 11 is 6.03. The average Bonchev–Trinajstić information content (AvgIpc) is 2.74. The van der Waals surface area contributed by atoms with Gasteiger partial charge >= 0.3 is 0 Å². The molecule has 0 spiro atoms. The van der Waals surface area contributed by atoms with Crippen molar-refractivity contribution in [2.24, 2.45) is 5.73 Å². The molecule has 0 amide bonds. The van der Waals surface area contributed by atoms with Gasteiger partial charge < -0.3 is 5.73 Å². The molecule has 2 N–H and O–H groups in total. The Bertz CT molecular complexity index is 610. The smallest absolute Gasteiger partial charge is 0.131 e. The maximum Gasteiger partial charge on any atom is 0.131 e. The standard InChI is InChI=1S/C13H14ClF2N3/c1-3-19-13(9(14)6-18-19)12(17)8-4-7(2)10(15)5-11(8)16/h4-6,12H,3,17H2,1-2H3. The van der Waals surface area contributed by atoms with Gasteiger partial charge in [-0.2, -0.15) is 5.10 Å². The maximum atomic E-state index is 13.8. The fraction of sp³-hybridized carbons (Fsp3) is 0.308. The second-order valence-corrected chi connectivity index (χ2v) is 4.70. The van der Waals surface area contributed by atoms with Crippen molar-refractivity contribution in [3.63, 3.8) is 0 Å². The van der Waals surface area contributed by atoms with E-state index in [1.807, 2.05) is 6.92 Å². The van der Waals surface area contributed by atoms with Gasteiger partial charge in [-0.3, -0.25) is 4.68 Å². The highest BCUT2D eigenvalue weighted by atomic mass is 35.5. The second-order valence-electron chi connectivity index (χ2n) is 4.29. The van der Waals surface area contributed by atoms with E-state index in [4.69, 9.17) is 17.3 Å². The molecule has 102 valence electrons. The van der Waals surface area contributed by atoms with E-state index >= 15 is 0 Å². The van der Waals surface area contributed by atoms with Crippen LogP contribution >= 0.6 is 11.6 Å². The Morgan fingerprint density at radius 2 is 2.05 bits per heavy atom. The van der Waals surface area contributed by atoms with Crippen molar-refractivity contribution in [3.05, 3.63) is 51.8 Å². The first kappa shape index (κ1) is 14.0. The Kier molecular flexibility index (Phi) is 3.87. The number of nitrogens with two attached hydrogens (primary N) is 1. The number of rotatable bonds is 3. The molecule has 0 aliphatic heterocycles. The molecule has 1 aromatic carbocycles. The van der Waals surface area contributed by atoms with Gasteiger partial charge in [0, 0.05) is 18.2 Å². The third-order valence-electron chi connectivity index (χ3n) is 3.04. The molecule has 3 nitrogen and oxygen atoms in total. The number of benzene rings is 1. The highest BCUT2D eigenvalue weighted by Crippen LogP contribution is 2.29. The van der Waals surface area contributed by atoms with Gasteiger partial charge in [0.2, 0.25) is 0 Å². The number of nitrogens with zero attached hydrogens (tertiary/aromatic N) is 2. The Balaban J connectivity index is 2.52. The molecule has 0 saturated carbocycles. The van der Waals surface area contributed by atoms with Crippen LogP contribution < -0.4 is 5.73 Å². The summed E-state index contributed by atoms with van der Waals surface area (Å²) in [4.78, 5) is 0. The molecule has 0 saturated heterocycles. The van der Waals surface area contributed by atoms with Gasteiger partial charge in [0.15, 0.2) is 0 Å². The Hall–Kier alpha value is -1.46. The van der Waals surface area contributed by atoms with E-state index in [0.29, 0.717) is 22.8 Å². The average molecular weight is 286 g/mol. The molecule has 19 heavy (non-hydrogen) atoms. The van der Waals surface area contributed by atoms with Gasteiger partial charge in [0.05, 0.1) is 23.0 Å².